The molecule has 0 aliphatic heterocycles. The average Bonchev–Trinajstić information content (AvgIpc) is 2.70. The highest BCUT2D eigenvalue weighted by Gasteiger charge is 2.06. The summed E-state index contributed by atoms with van der Waals surface area (Å²) < 4.78 is 1.84. The number of thiocarbonyl (C=S) groups is 1. The summed E-state index contributed by atoms with van der Waals surface area (Å²) in [5.74, 6) is 0. The summed E-state index contributed by atoms with van der Waals surface area (Å²) in [4.78, 5) is 0. The number of aryl methyl sites for hydroxylation is 3. The summed E-state index contributed by atoms with van der Waals surface area (Å²) in [6.07, 6.45) is 1.74. The molecular formula is C16H21N5S. The zero-order valence-electron chi connectivity index (χ0n) is 13.6. The number of benzene rings is 1. The number of nitrogens with one attached hydrogen (secondary N) is 2. The third-order valence-electron chi connectivity index (χ3n) is 3.78. The highest BCUT2D eigenvalue weighted by molar-refractivity contribution is 7.80. The van der Waals surface area contributed by atoms with Gasteiger partial charge in [0.25, 0.3) is 0 Å². The molecule has 0 fully saturated rings. The van der Waals surface area contributed by atoms with Crippen molar-refractivity contribution in [3.63, 3.8) is 0 Å². The Morgan fingerprint density at radius 2 is 2.00 bits per heavy atom. The fraction of sp³-hybridized carbons (Fsp3) is 0.312. The monoisotopic (exact) mass is 315 g/mol. The molecule has 0 spiro atoms. The van der Waals surface area contributed by atoms with Gasteiger partial charge >= 0.3 is 0 Å². The zero-order valence-corrected chi connectivity index (χ0v) is 14.4. The van der Waals surface area contributed by atoms with Gasteiger partial charge < -0.3 is 5.32 Å². The van der Waals surface area contributed by atoms with Gasteiger partial charge in [-0.1, -0.05) is 12.1 Å². The van der Waals surface area contributed by atoms with Gasteiger partial charge in [0, 0.05) is 24.0 Å². The first-order valence-electron chi connectivity index (χ1n) is 7.06. The number of anilines is 1. The Hall–Kier alpha value is -2.21. The zero-order chi connectivity index (χ0) is 16.3. The maximum atomic E-state index is 5.27. The van der Waals surface area contributed by atoms with E-state index in [1.165, 1.54) is 11.1 Å². The van der Waals surface area contributed by atoms with E-state index in [1.54, 1.807) is 6.21 Å². The van der Waals surface area contributed by atoms with Crippen LogP contribution in [-0.4, -0.2) is 21.1 Å². The van der Waals surface area contributed by atoms with Gasteiger partial charge in [0.05, 0.1) is 11.9 Å². The van der Waals surface area contributed by atoms with Crippen molar-refractivity contribution in [3.8, 4) is 0 Å². The van der Waals surface area contributed by atoms with Crippen LogP contribution in [0.2, 0.25) is 0 Å². The van der Waals surface area contributed by atoms with E-state index in [0.717, 1.165) is 22.6 Å². The molecule has 1 aromatic carbocycles. The topological polar surface area (TPSA) is 54.2 Å². The summed E-state index contributed by atoms with van der Waals surface area (Å²) in [5.41, 5.74) is 9.24. The van der Waals surface area contributed by atoms with Crippen LogP contribution in [0.5, 0.6) is 0 Å². The predicted molar refractivity (Wildman–Crippen MR) is 95.5 cm³/mol. The molecule has 0 unspecified atom stereocenters. The number of hydrazone groups is 1. The third-order valence-corrected chi connectivity index (χ3v) is 3.97. The molecular weight excluding hydrogens is 294 g/mol. The molecule has 0 saturated carbocycles. The van der Waals surface area contributed by atoms with Gasteiger partial charge in [0.1, 0.15) is 0 Å². The first-order valence-corrected chi connectivity index (χ1v) is 7.47. The van der Waals surface area contributed by atoms with Crippen LogP contribution in [-0.2, 0) is 7.05 Å². The average molecular weight is 315 g/mol. The van der Waals surface area contributed by atoms with Gasteiger partial charge in [-0.2, -0.15) is 10.2 Å². The number of rotatable bonds is 3. The van der Waals surface area contributed by atoms with E-state index in [1.807, 2.05) is 37.7 Å². The minimum Gasteiger partial charge on any atom is -0.331 e. The van der Waals surface area contributed by atoms with Gasteiger partial charge in [-0.05, 0) is 57.1 Å². The van der Waals surface area contributed by atoms with E-state index in [0.29, 0.717) is 5.11 Å². The van der Waals surface area contributed by atoms with Gasteiger partial charge in [-0.25, -0.2) is 0 Å². The minimum atomic E-state index is 0.462. The van der Waals surface area contributed by atoms with Crippen LogP contribution >= 0.6 is 12.2 Å². The fourth-order valence-corrected chi connectivity index (χ4v) is 2.33. The lowest BCUT2D eigenvalue weighted by Crippen LogP contribution is -2.24. The van der Waals surface area contributed by atoms with Crippen molar-refractivity contribution in [2.75, 3.05) is 5.32 Å². The molecule has 5 nitrogen and oxygen atoms in total. The lowest BCUT2D eigenvalue weighted by Gasteiger charge is -2.11. The van der Waals surface area contributed by atoms with E-state index < -0.39 is 0 Å². The molecule has 2 rings (SSSR count). The summed E-state index contributed by atoms with van der Waals surface area (Å²) in [6, 6.07) is 6.07. The van der Waals surface area contributed by atoms with Crippen molar-refractivity contribution in [3.05, 3.63) is 46.3 Å². The normalized spacial score (nSPS) is 11.0. The second-order valence-electron chi connectivity index (χ2n) is 5.28. The molecule has 0 radical (unpaired) electrons. The standard InChI is InChI=1S/C16H21N5S/c1-10-7-6-8-15(11(10)2)18-16(22)19-17-9-14-12(3)20-21(5)13(14)4/h6-9H,1-5H3,(H2,18,19,22)/b17-9+. The molecule has 2 N–H and O–H groups in total. The van der Waals surface area contributed by atoms with Crippen LogP contribution in [0.25, 0.3) is 0 Å². The third kappa shape index (κ3) is 3.51. The van der Waals surface area contributed by atoms with Gasteiger partial charge in [0.15, 0.2) is 5.11 Å². The first kappa shape index (κ1) is 16.2. The van der Waals surface area contributed by atoms with Crippen LogP contribution < -0.4 is 10.7 Å². The molecule has 116 valence electrons. The van der Waals surface area contributed by atoms with Crippen LogP contribution in [0.15, 0.2) is 23.3 Å². The van der Waals surface area contributed by atoms with Gasteiger partial charge in [-0.15, -0.1) is 0 Å². The molecule has 0 atom stereocenters. The number of hydrogen-bond donors (Lipinski definition) is 2. The molecule has 0 bridgehead atoms. The van der Waals surface area contributed by atoms with E-state index >= 15 is 0 Å². The van der Waals surface area contributed by atoms with Gasteiger partial charge in [0.2, 0.25) is 0 Å². The quantitative estimate of drug-likeness (QED) is 0.519. The highest BCUT2D eigenvalue weighted by Crippen LogP contribution is 2.17. The van der Waals surface area contributed by atoms with E-state index in [4.69, 9.17) is 12.2 Å². The largest absolute Gasteiger partial charge is 0.331 e. The van der Waals surface area contributed by atoms with Crippen molar-refractivity contribution in [2.45, 2.75) is 27.7 Å². The number of hydrogen-bond acceptors (Lipinski definition) is 3. The van der Waals surface area contributed by atoms with Crippen LogP contribution in [0, 0.1) is 27.7 Å². The summed E-state index contributed by atoms with van der Waals surface area (Å²) in [5, 5.41) is 12.2. The summed E-state index contributed by atoms with van der Waals surface area (Å²) in [6.45, 7) is 8.10. The smallest absolute Gasteiger partial charge is 0.191 e. The van der Waals surface area contributed by atoms with Crippen molar-refractivity contribution < 1.29 is 0 Å². The Kier molecular flexibility index (Phi) is 4.92. The Balaban J connectivity index is 2.01. The van der Waals surface area contributed by atoms with E-state index in [9.17, 15) is 0 Å². The summed E-state index contributed by atoms with van der Waals surface area (Å²) >= 11 is 5.27. The SMILES string of the molecule is Cc1cccc(NC(=S)N/N=C/c2c(C)nn(C)c2C)c1C. The molecule has 22 heavy (non-hydrogen) atoms. The van der Waals surface area contributed by atoms with Crippen molar-refractivity contribution in [1.82, 2.24) is 15.2 Å². The van der Waals surface area contributed by atoms with Crippen molar-refractivity contribution >= 4 is 29.2 Å². The molecule has 1 heterocycles. The lowest BCUT2D eigenvalue weighted by molar-refractivity contribution is 0.731. The highest BCUT2D eigenvalue weighted by atomic mass is 32.1. The first-order chi connectivity index (χ1) is 10.4. The van der Waals surface area contributed by atoms with Crippen LogP contribution in [0.3, 0.4) is 0 Å². The molecule has 0 amide bonds. The van der Waals surface area contributed by atoms with E-state index in [-0.39, 0.29) is 0 Å². The fourth-order valence-electron chi connectivity index (χ4n) is 2.17. The second kappa shape index (κ2) is 6.70. The van der Waals surface area contributed by atoms with Gasteiger partial charge in [-0.3, -0.25) is 10.1 Å². The Bertz CT molecular complexity index is 730. The molecule has 0 aliphatic rings. The van der Waals surface area contributed by atoms with Crippen LogP contribution in [0.1, 0.15) is 28.1 Å². The van der Waals surface area contributed by atoms with Crippen LogP contribution in [0.4, 0.5) is 5.69 Å². The predicted octanol–water partition coefficient (Wildman–Crippen LogP) is 2.97. The summed E-state index contributed by atoms with van der Waals surface area (Å²) in [7, 11) is 1.92. The molecule has 1 aromatic heterocycles. The Morgan fingerprint density at radius 1 is 1.27 bits per heavy atom. The molecule has 0 aliphatic carbocycles. The number of aromatic nitrogens is 2. The van der Waals surface area contributed by atoms with Crippen molar-refractivity contribution in [2.24, 2.45) is 12.1 Å². The number of nitrogens with zero attached hydrogens (tertiary/aromatic N) is 3. The Morgan fingerprint density at radius 3 is 2.64 bits per heavy atom. The van der Waals surface area contributed by atoms with Crippen molar-refractivity contribution in [1.29, 1.82) is 0 Å². The maximum Gasteiger partial charge on any atom is 0.191 e. The molecule has 2 aromatic rings. The molecule has 0 saturated heterocycles. The minimum absolute atomic E-state index is 0.462. The Labute approximate surface area is 136 Å². The lowest BCUT2D eigenvalue weighted by atomic mass is 10.1. The maximum absolute atomic E-state index is 5.27. The second-order valence-corrected chi connectivity index (χ2v) is 5.69. The molecule has 6 heteroatoms. The van der Waals surface area contributed by atoms with E-state index in [2.05, 4.69) is 40.9 Å².